The molecular weight excluding hydrogens is 602 g/mol. The van der Waals surface area contributed by atoms with Gasteiger partial charge in [-0.25, -0.2) is 4.98 Å². The zero-order valence-corrected chi connectivity index (χ0v) is 26.6. The lowest BCUT2D eigenvalue weighted by molar-refractivity contribution is -0.132. The van der Waals surface area contributed by atoms with Crippen molar-refractivity contribution in [3.8, 4) is 22.4 Å². The van der Waals surface area contributed by atoms with Gasteiger partial charge < -0.3 is 20.1 Å². The van der Waals surface area contributed by atoms with Gasteiger partial charge in [0.2, 0.25) is 17.7 Å². The second-order valence-corrected chi connectivity index (χ2v) is 12.5. The van der Waals surface area contributed by atoms with Gasteiger partial charge in [-0.2, -0.15) is 0 Å². The van der Waals surface area contributed by atoms with E-state index in [9.17, 15) is 14.4 Å². The van der Waals surface area contributed by atoms with Gasteiger partial charge in [0, 0.05) is 50.1 Å². The standard InChI is InChI=1S/C38H37N7O3/c46-35(20-26-4-1-16-39-22-26)44-19-15-31(25-44)38(48)42-32-13-11-29(12-14-32)28-7-9-30(10-8-28)33-24-41-37(43-33)34-6-3-18-45(34)36(47)21-27-5-2-17-40-23-27/h1-2,4-5,7-14,16-17,22-24,31,34H,3,6,15,18-21,25H2,(H,41,43)(H,42,48)/t31-,34-/m0/s1. The smallest absolute Gasteiger partial charge is 0.229 e. The molecule has 2 saturated heterocycles. The Bertz CT molecular complexity index is 1880. The van der Waals surface area contributed by atoms with Crippen LogP contribution in [-0.4, -0.2) is 67.1 Å². The molecule has 5 aromatic rings. The number of carbonyl (C=O) groups is 3. The van der Waals surface area contributed by atoms with Gasteiger partial charge in [-0.15, -0.1) is 0 Å². The molecule has 10 heteroatoms. The summed E-state index contributed by atoms with van der Waals surface area (Å²) in [6.07, 6.45) is 11.8. The van der Waals surface area contributed by atoms with Crippen molar-refractivity contribution < 1.29 is 14.4 Å². The minimum Gasteiger partial charge on any atom is -0.342 e. The Labute approximate surface area is 279 Å². The molecule has 10 nitrogen and oxygen atoms in total. The maximum absolute atomic E-state index is 13.1. The first kappa shape index (κ1) is 31.0. The number of aromatic amines is 1. The van der Waals surface area contributed by atoms with Crippen LogP contribution in [0, 0.1) is 5.92 Å². The maximum atomic E-state index is 13.1. The number of aromatic nitrogens is 4. The van der Waals surface area contributed by atoms with E-state index in [2.05, 4.69) is 49.5 Å². The molecule has 0 bridgehead atoms. The molecule has 0 aliphatic carbocycles. The third-order valence-electron chi connectivity index (χ3n) is 9.23. The van der Waals surface area contributed by atoms with Crippen molar-refractivity contribution in [2.75, 3.05) is 25.0 Å². The molecule has 3 amide bonds. The van der Waals surface area contributed by atoms with Crippen molar-refractivity contribution >= 4 is 23.4 Å². The van der Waals surface area contributed by atoms with Crippen LogP contribution >= 0.6 is 0 Å². The number of likely N-dealkylation sites (tertiary alicyclic amines) is 2. The van der Waals surface area contributed by atoms with Gasteiger partial charge in [0.05, 0.1) is 36.7 Å². The van der Waals surface area contributed by atoms with Gasteiger partial charge in [-0.05, 0) is 71.3 Å². The Morgan fingerprint density at radius 3 is 2.06 bits per heavy atom. The molecule has 0 radical (unpaired) electrons. The average Bonchev–Trinajstić information content (AvgIpc) is 3.91. The number of carbonyl (C=O) groups excluding carboxylic acids is 3. The predicted molar refractivity (Wildman–Crippen MR) is 182 cm³/mol. The molecule has 3 aromatic heterocycles. The molecule has 5 heterocycles. The molecule has 242 valence electrons. The Kier molecular flexibility index (Phi) is 9.04. The highest BCUT2D eigenvalue weighted by Crippen LogP contribution is 2.33. The van der Waals surface area contributed by atoms with Crippen LogP contribution in [0.5, 0.6) is 0 Å². The van der Waals surface area contributed by atoms with Crippen molar-refractivity contribution in [1.29, 1.82) is 0 Å². The summed E-state index contributed by atoms with van der Waals surface area (Å²) in [6, 6.07) is 23.5. The van der Waals surface area contributed by atoms with E-state index < -0.39 is 0 Å². The molecule has 2 aliphatic rings. The SMILES string of the molecule is O=C(Nc1ccc(-c2ccc(-c3cnc([C@@H]4CCCN4C(=O)Cc4cccnc4)[nH]3)cc2)cc1)[C@H]1CCN(C(=O)Cc2cccnc2)C1. The van der Waals surface area contributed by atoms with E-state index in [4.69, 9.17) is 0 Å². The van der Waals surface area contributed by atoms with Gasteiger partial charge in [0.15, 0.2) is 0 Å². The molecule has 48 heavy (non-hydrogen) atoms. The molecule has 2 fully saturated rings. The number of imidazole rings is 1. The first-order valence-corrected chi connectivity index (χ1v) is 16.4. The number of rotatable bonds is 9. The summed E-state index contributed by atoms with van der Waals surface area (Å²) in [4.78, 5) is 58.8. The van der Waals surface area contributed by atoms with Crippen LogP contribution in [0.25, 0.3) is 22.4 Å². The molecule has 2 aliphatic heterocycles. The highest BCUT2D eigenvalue weighted by atomic mass is 16.2. The topological polar surface area (TPSA) is 124 Å². The monoisotopic (exact) mass is 639 g/mol. The molecular formula is C38H37N7O3. The zero-order chi connectivity index (χ0) is 32.9. The molecule has 2 N–H and O–H groups in total. The van der Waals surface area contributed by atoms with Gasteiger partial charge >= 0.3 is 0 Å². The lowest BCUT2D eigenvalue weighted by Crippen LogP contribution is -2.32. The van der Waals surface area contributed by atoms with Crippen molar-refractivity contribution in [1.82, 2.24) is 29.7 Å². The van der Waals surface area contributed by atoms with Crippen LogP contribution < -0.4 is 5.32 Å². The van der Waals surface area contributed by atoms with Crippen molar-refractivity contribution in [3.05, 3.63) is 121 Å². The third kappa shape index (κ3) is 7.02. The Morgan fingerprint density at radius 2 is 1.40 bits per heavy atom. The highest BCUT2D eigenvalue weighted by Gasteiger charge is 2.32. The zero-order valence-electron chi connectivity index (χ0n) is 26.6. The minimum absolute atomic E-state index is 0.0197. The summed E-state index contributed by atoms with van der Waals surface area (Å²) in [5.41, 5.74) is 6.52. The Morgan fingerprint density at radius 1 is 0.750 bits per heavy atom. The van der Waals surface area contributed by atoms with Crippen LogP contribution in [0.15, 0.2) is 104 Å². The van der Waals surface area contributed by atoms with Crippen molar-refractivity contribution in [2.45, 2.75) is 38.1 Å². The first-order chi connectivity index (χ1) is 23.5. The maximum Gasteiger partial charge on any atom is 0.229 e. The fourth-order valence-corrected chi connectivity index (χ4v) is 6.60. The van der Waals surface area contributed by atoms with E-state index in [1.807, 2.05) is 59.6 Å². The fourth-order valence-electron chi connectivity index (χ4n) is 6.60. The van der Waals surface area contributed by atoms with E-state index in [1.54, 1.807) is 29.7 Å². The highest BCUT2D eigenvalue weighted by molar-refractivity contribution is 5.94. The minimum atomic E-state index is -0.234. The number of hydrogen-bond donors (Lipinski definition) is 2. The quantitative estimate of drug-likeness (QED) is 0.221. The van der Waals surface area contributed by atoms with Crippen LogP contribution in [0.4, 0.5) is 5.69 Å². The number of nitrogens with one attached hydrogen (secondary N) is 2. The normalized spacial score (nSPS) is 17.4. The summed E-state index contributed by atoms with van der Waals surface area (Å²) >= 11 is 0. The van der Waals surface area contributed by atoms with Crippen LogP contribution in [0.2, 0.25) is 0 Å². The van der Waals surface area contributed by atoms with Crippen LogP contribution in [-0.2, 0) is 27.2 Å². The van der Waals surface area contributed by atoms with Gasteiger partial charge in [0.1, 0.15) is 5.82 Å². The van der Waals surface area contributed by atoms with Crippen molar-refractivity contribution in [3.63, 3.8) is 0 Å². The number of pyridine rings is 2. The van der Waals surface area contributed by atoms with Gasteiger partial charge in [-0.1, -0.05) is 48.5 Å². The molecule has 0 unspecified atom stereocenters. The Hall–Kier alpha value is -5.64. The first-order valence-electron chi connectivity index (χ1n) is 16.4. The third-order valence-corrected chi connectivity index (χ3v) is 9.23. The lowest BCUT2D eigenvalue weighted by atomic mass is 10.0. The summed E-state index contributed by atoms with van der Waals surface area (Å²) in [5.74, 6) is 0.618. The second kappa shape index (κ2) is 14.0. The van der Waals surface area contributed by atoms with E-state index in [0.29, 0.717) is 32.4 Å². The predicted octanol–water partition coefficient (Wildman–Crippen LogP) is 5.47. The number of amides is 3. The summed E-state index contributed by atoms with van der Waals surface area (Å²) in [6.45, 7) is 1.73. The molecule has 7 rings (SSSR count). The largest absolute Gasteiger partial charge is 0.342 e. The number of anilines is 1. The van der Waals surface area contributed by atoms with Gasteiger partial charge in [0.25, 0.3) is 0 Å². The fraction of sp³-hybridized carbons (Fsp3) is 0.263. The van der Waals surface area contributed by atoms with E-state index in [1.165, 1.54) is 0 Å². The van der Waals surface area contributed by atoms with E-state index >= 15 is 0 Å². The molecule has 0 saturated carbocycles. The van der Waals surface area contributed by atoms with Gasteiger partial charge in [-0.3, -0.25) is 24.4 Å². The number of benzene rings is 2. The van der Waals surface area contributed by atoms with Crippen molar-refractivity contribution in [2.24, 2.45) is 5.92 Å². The number of hydrogen-bond acceptors (Lipinski definition) is 6. The second-order valence-electron chi connectivity index (χ2n) is 12.5. The Balaban J connectivity index is 0.931. The van der Waals surface area contributed by atoms with E-state index in [0.717, 1.165) is 64.4 Å². The summed E-state index contributed by atoms with van der Waals surface area (Å²) in [7, 11) is 0. The molecule has 0 spiro atoms. The van der Waals surface area contributed by atoms with E-state index in [-0.39, 0.29) is 29.7 Å². The van der Waals surface area contributed by atoms with Crippen LogP contribution in [0.3, 0.4) is 0 Å². The average molecular weight is 640 g/mol. The lowest BCUT2D eigenvalue weighted by Gasteiger charge is -2.23. The molecule has 2 aromatic carbocycles. The molecule has 2 atom stereocenters. The number of nitrogens with zero attached hydrogens (tertiary/aromatic N) is 5. The summed E-state index contributed by atoms with van der Waals surface area (Å²) < 4.78 is 0. The van der Waals surface area contributed by atoms with Crippen LogP contribution in [0.1, 0.15) is 42.3 Å². The number of H-pyrrole nitrogens is 1. The summed E-state index contributed by atoms with van der Waals surface area (Å²) in [5, 5.41) is 3.02.